The van der Waals surface area contributed by atoms with Crippen molar-refractivity contribution in [2.45, 2.75) is 26.1 Å². The molecule has 1 heterocycles. The van der Waals surface area contributed by atoms with Gasteiger partial charge in [0.25, 0.3) is 0 Å². The molecule has 4 rings (SSSR count). The number of halogens is 3. The summed E-state index contributed by atoms with van der Waals surface area (Å²) in [6.45, 7) is 2.12. The Kier molecular flexibility index (Phi) is 8.66. The average Bonchev–Trinajstić information content (AvgIpc) is 2.98. The van der Waals surface area contributed by atoms with Crippen LogP contribution in [0.1, 0.15) is 46.9 Å². The summed E-state index contributed by atoms with van der Waals surface area (Å²) in [5, 5.41) is 11.9. The summed E-state index contributed by atoms with van der Waals surface area (Å²) in [6.07, 6.45) is -4.69. The van der Waals surface area contributed by atoms with Gasteiger partial charge in [-0.15, -0.1) is 0 Å². The highest BCUT2D eigenvalue weighted by Gasteiger charge is 2.42. The van der Waals surface area contributed by atoms with Gasteiger partial charge in [-0.25, -0.2) is 9.59 Å². The van der Waals surface area contributed by atoms with E-state index in [1.165, 1.54) is 63.4 Å². The molecule has 0 radical (unpaired) electrons. The zero-order valence-corrected chi connectivity index (χ0v) is 23.2. The first kappa shape index (κ1) is 30.5. The van der Waals surface area contributed by atoms with E-state index in [0.717, 1.165) is 28.0 Å². The van der Waals surface area contributed by atoms with Gasteiger partial charge in [0.1, 0.15) is 6.54 Å². The normalized spacial score (nSPS) is 15.2. The first-order valence-electron chi connectivity index (χ1n) is 12.8. The maximum Gasteiger partial charge on any atom is 0.416 e. The summed E-state index contributed by atoms with van der Waals surface area (Å²) in [7, 11) is 1.23. The van der Waals surface area contributed by atoms with Crippen molar-refractivity contribution in [2.24, 2.45) is 0 Å². The highest BCUT2D eigenvalue weighted by atomic mass is 19.4. The van der Waals surface area contributed by atoms with Gasteiger partial charge in [0.15, 0.2) is 5.78 Å². The summed E-state index contributed by atoms with van der Waals surface area (Å²) < 4.78 is 45.3. The van der Waals surface area contributed by atoms with Gasteiger partial charge in [0, 0.05) is 17.0 Å². The molecule has 12 heteroatoms. The van der Waals surface area contributed by atoms with Crippen molar-refractivity contribution in [3.05, 3.63) is 106 Å². The van der Waals surface area contributed by atoms with Crippen LogP contribution in [0.3, 0.4) is 0 Å². The van der Waals surface area contributed by atoms with E-state index in [1.807, 2.05) is 6.07 Å². The molecule has 3 aromatic carbocycles. The quantitative estimate of drug-likeness (QED) is 0.345. The number of benzene rings is 3. The second kappa shape index (κ2) is 12.2. The third-order valence-electron chi connectivity index (χ3n) is 6.82. The van der Waals surface area contributed by atoms with Crippen LogP contribution < -0.4 is 10.2 Å². The average molecular weight is 591 g/mol. The van der Waals surface area contributed by atoms with Crippen LogP contribution >= 0.6 is 0 Å². The molecule has 1 unspecified atom stereocenters. The van der Waals surface area contributed by atoms with Crippen molar-refractivity contribution in [1.29, 1.82) is 5.26 Å². The van der Waals surface area contributed by atoms with Crippen molar-refractivity contribution < 1.29 is 37.1 Å². The zero-order valence-electron chi connectivity index (χ0n) is 23.2. The van der Waals surface area contributed by atoms with Gasteiger partial charge >= 0.3 is 18.2 Å². The first-order valence-corrected chi connectivity index (χ1v) is 12.8. The molecular formula is C31H25F3N4O5. The Morgan fingerprint density at radius 3 is 2.23 bits per heavy atom. The van der Waals surface area contributed by atoms with Gasteiger partial charge in [0.05, 0.1) is 41.6 Å². The van der Waals surface area contributed by atoms with Gasteiger partial charge in [-0.3, -0.25) is 14.5 Å². The monoisotopic (exact) mass is 590 g/mol. The number of hydrogen-bond donors (Lipinski definition) is 1. The molecule has 1 aliphatic heterocycles. The number of nitrogens with one attached hydrogen (secondary N) is 1. The van der Waals surface area contributed by atoms with Gasteiger partial charge < -0.3 is 15.0 Å². The van der Waals surface area contributed by atoms with E-state index in [0.29, 0.717) is 16.8 Å². The predicted molar refractivity (Wildman–Crippen MR) is 150 cm³/mol. The summed E-state index contributed by atoms with van der Waals surface area (Å²) in [5.74, 6) is -1.72. The summed E-state index contributed by atoms with van der Waals surface area (Å²) in [6, 6.07) is 16.0. The van der Waals surface area contributed by atoms with Crippen molar-refractivity contribution >= 4 is 35.1 Å². The van der Waals surface area contributed by atoms with Crippen LogP contribution in [0, 0.1) is 11.3 Å². The van der Waals surface area contributed by atoms with E-state index in [1.54, 1.807) is 12.1 Å². The molecule has 1 atom stereocenters. The van der Waals surface area contributed by atoms with E-state index < -0.39 is 48.0 Å². The summed E-state index contributed by atoms with van der Waals surface area (Å²) >= 11 is 0. The topological polar surface area (TPSA) is 120 Å². The maximum atomic E-state index is 14.1. The number of urea groups is 1. The minimum Gasteiger partial charge on any atom is -0.465 e. The van der Waals surface area contributed by atoms with Crippen LogP contribution in [0.4, 0.5) is 29.3 Å². The van der Waals surface area contributed by atoms with E-state index >= 15 is 0 Å². The molecule has 43 heavy (non-hydrogen) atoms. The van der Waals surface area contributed by atoms with Crippen LogP contribution in [0.2, 0.25) is 0 Å². The molecule has 0 aromatic heterocycles. The number of rotatable bonds is 7. The fourth-order valence-electron chi connectivity index (χ4n) is 4.84. The number of allylic oxidation sites excluding steroid dienone is 1. The minimum atomic E-state index is -4.69. The fraction of sp³-hybridized carbons (Fsp3) is 0.194. The van der Waals surface area contributed by atoms with Crippen LogP contribution in [-0.4, -0.2) is 42.2 Å². The number of hydrogen-bond acceptors (Lipinski definition) is 6. The number of ketones is 1. The van der Waals surface area contributed by atoms with Gasteiger partial charge in [-0.05, 0) is 74.0 Å². The first-order chi connectivity index (χ1) is 20.3. The third-order valence-corrected chi connectivity index (χ3v) is 6.82. The fourth-order valence-corrected chi connectivity index (χ4v) is 4.84. The molecule has 1 N–H and O–H groups in total. The second-order valence-electron chi connectivity index (χ2n) is 9.60. The van der Waals surface area contributed by atoms with E-state index in [-0.39, 0.29) is 22.5 Å². The number of carbonyl (C=O) groups is 4. The maximum absolute atomic E-state index is 14.1. The largest absolute Gasteiger partial charge is 0.465 e. The molecule has 1 aliphatic rings. The molecule has 0 fully saturated rings. The zero-order chi connectivity index (χ0) is 31.5. The Morgan fingerprint density at radius 2 is 1.67 bits per heavy atom. The number of carbonyl (C=O) groups excluding carboxylic acids is 4. The number of anilines is 2. The predicted octanol–water partition coefficient (Wildman–Crippen LogP) is 5.85. The Morgan fingerprint density at radius 1 is 1.02 bits per heavy atom. The number of nitriles is 1. The van der Waals surface area contributed by atoms with Crippen molar-refractivity contribution in [3.63, 3.8) is 0 Å². The Balaban J connectivity index is 1.79. The van der Waals surface area contributed by atoms with E-state index in [4.69, 9.17) is 0 Å². The lowest BCUT2D eigenvalue weighted by Gasteiger charge is -2.43. The lowest BCUT2D eigenvalue weighted by atomic mass is 9.90. The smallest absolute Gasteiger partial charge is 0.416 e. The number of nitrogens with zero attached hydrogens (tertiary/aromatic N) is 3. The van der Waals surface area contributed by atoms with Crippen molar-refractivity contribution in [1.82, 2.24) is 4.90 Å². The van der Waals surface area contributed by atoms with Crippen LogP contribution in [-0.2, 0) is 20.5 Å². The lowest BCUT2D eigenvalue weighted by Crippen LogP contribution is -2.52. The van der Waals surface area contributed by atoms with E-state index in [2.05, 4.69) is 10.1 Å². The number of alkyl halides is 3. The number of ether oxygens (including phenoxy) is 1. The standard InChI is InChI=1S/C31H25F3N4O5/c1-18-27(19(2)39)28(21-9-7-20(16-35)8-10-21)37(17-26(40)36-24-13-11-22(12-14-24)29(41)43-3)30(42)38(18)25-6-4-5-23(15-25)31(32,33)34/h4-15,28H,17H2,1-3H3,(H,36,40). The number of Topliss-reactive ketones (excluding diaryl/α,β-unsaturated/α-hetero) is 1. The Labute approximate surface area is 244 Å². The molecule has 220 valence electrons. The molecule has 3 amide bonds. The van der Waals surface area contributed by atoms with Crippen LogP contribution in [0.25, 0.3) is 0 Å². The van der Waals surface area contributed by atoms with Crippen molar-refractivity contribution in [3.8, 4) is 6.07 Å². The molecule has 0 aliphatic carbocycles. The van der Waals surface area contributed by atoms with Crippen LogP contribution in [0.15, 0.2) is 84.1 Å². The second-order valence-corrected chi connectivity index (χ2v) is 9.60. The molecular weight excluding hydrogens is 565 g/mol. The number of amides is 3. The molecule has 0 bridgehead atoms. The molecule has 0 spiro atoms. The van der Waals surface area contributed by atoms with Gasteiger partial charge in [0.2, 0.25) is 5.91 Å². The summed E-state index contributed by atoms with van der Waals surface area (Å²) in [4.78, 5) is 54.2. The summed E-state index contributed by atoms with van der Waals surface area (Å²) in [5.41, 5.74) is 0.318. The third kappa shape index (κ3) is 6.41. The van der Waals surface area contributed by atoms with Crippen LogP contribution in [0.5, 0.6) is 0 Å². The highest BCUT2D eigenvalue weighted by Crippen LogP contribution is 2.41. The van der Waals surface area contributed by atoms with Gasteiger partial charge in [-0.2, -0.15) is 18.4 Å². The highest BCUT2D eigenvalue weighted by molar-refractivity contribution is 6.06. The molecule has 0 saturated carbocycles. The molecule has 0 saturated heterocycles. The van der Waals surface area contributed by atoms with E-state index in [9.17, 15) is 37.6 Å². The molecule has 3 aromatic rings. The Bertz CT molecular complexity index is 1660. The SMILES string of the molecule is COC(=O)c1ccc(NC(=O)CN2C(=O)N(c3cccc(C(F)(F)F)c3)C(C)=C(C(C)=O)C2c2ccc(C#N)cc2)cc1. The Hall–Kier alpha value is -5.44. The van der Waals surface area contributed by atoms with Crippen molar-refractivity contribution in [2.75, 3.05) is 23.9 Å². The molecule has 9 nitrogen and oxygen atoms in total. The lowest BCUT2D eigenvalue weighted by molar-refractivity contribution is -0.137. The van der Waals surface area contributed by atoms with Gasteiger partial charge in [-0.1, -0.05) is 18.2 Å². The number of esters is 1. The number of methoxy groups -OCH3 is 1. The minimum absolute atomic E-state index is 0.0805.